The molecule has 1 nitrogen and oxygen atoms in total. The van der Waals surface area contributed by atoms with Crippen molar-refractivity contribution in [3.63, 3.8) is 0 Å². The maximum absolute atomic E-state index is 5.34. The Balaban J connectivity index is 0.000000605. The Morgan fingerprint density at radius 1 is 1.08 bits per heavy atom. The molecular weight excluding hydrogens is 518 g/mol. The molecule has 1 aromatic rings. The van der Waals surface area contributed by atoms with E-state index in [2.05, 4.69) is 6.08 Å². The minimum Gasteiger partial charge on any atom is -0.489 e. The maximum Gasteiger partial charge on any atom is 0.126 e. The molecule has 0 N–H and O–H groups in total. The van der Waals surface area contributed by atoms with Gasteiger partial charge in [-0.3, -0.25) is 0 Å². The standard InChI is InChI=1S/C9H8O.2Au/c1-2-6-9-8(4-1)5-3-7-10-9;;/h1-6H,7H2;;. The number of benzene rings is 1. The van der Waals surface area contributed by atoms with E-state index < -0.39 is 0 Å². The molecule has 0 spiro atoms. The zero-order chi connectivity index (χ0) is 6.81. The first-order valence-corrected chi connectivity index (χ1v) is 3.35. The molecule has 3 heteroatoms. The van der Waals surface area contributed by atoms with Crippen LogP contribution in [-0.4, -0.2) is 6.61 Å². The van der Waals surface area contributed by atoms with Crippen molar-refractivity contribution in [2.75, 3.05) is 6.61 Å². The van der Waals surface area contributed by atoms with Gasteiger partial charge in [0.2, 0.25) is 0 Å². The summed E-state index contributed by atoms with van der Waals surface area (Å²) >= 11 is 0. The van der Waals surface area contributed by atoms with Crippen molar-refractivity contribution in [2.45, 2.75) is 0 Å². The fourth-order valence-electron chi connectivity index (χ4n) is 1.06. The van der Waals surface area contributed by atoms with Crippen LogP contribution in [0.1, 0.15) is 5.56 Å². The predicted octanol–water partition coefficient (Wildman–Crippen LogP) is 2.09. The number of fused-ring (bicyclic) bond motifs is 1. The van der Waals surface area contributed by atoms with E-state index >= 15 is 0 Å². The number of para-hydroxylation sites is 1. The normalized spacial score (nSPS) is 11.7. The van der Waals surface area contributed by atoms with Gasteiger partial charge in [-0.1, -0.05) is 24.3 Å². The largest absolute Gasteiger partial charge is 0.489 e. The van der Waals surface area contributed by atoms with Crippen LogP contribution >= 0.6 is 0 Å². The second-order valence-corrected chi connectivity index (χ2v) is 2.25. The Morgan fingerprint density at radius 3 is 2.58 bits per heavy atom. The van der Waals surface area contributed by atoms with Crippen LogP contribution in [0.5, 0.6) is 5.75 Å². The maximum atomic E-state index is 5.34. The average Bonchev–Trinajstić information content (AvgIpc) is 2.05. The van der Waals surface area contributed by atoms with Crippen LogP contribution in [0.2, 0.25) is 0 Å². The number of ether oxygens (including phenoxy) is 1. The van der Waals surface area contributed by atoms with Gasteiger partial charge in [-0.2, -0.15) is 0 Å². The zero-order valence-electron chi connectivity index (χ0n) is 6.18. The molecule has 0 saturated carbocycles. The molecule has 2 radical (unpaired) electrons. The van der Waals surface area contributed by atoms with Gasteiger partial charge in [0.15, 0.2) is 0 Å². The van der Waals surface area contributed by atoms with Crippen LogP contribution in [0, 0.1) is 0 Å². The summed E-state index contributed by atoms with van der Waals surface area (Å²) in [7, 11) is 0. The molecule has 1 heterocycles. The van der Waals surface area contributed by atoms with Crippen LogP contribution in [0.25, 0.3) is 6.08 Å². The van der Waals surface area contributed by atoms with E-state index in [0.717, 1.165) is 5.75 Å². The second-order valence-electron chi connectivity index (χ2n) is 2.25. The smallest absolute Gasteiger partial charge is 0.126 e. The van der Waals surface area contributed by atoms with Crippen LogP contribution in [0.15, 0.2) is 30.3 Å². The summed E-state index contributed by atoms with van der Waals surface area (Å²) in [5.41, 5.74) is 1.17. The van der Waals surface area contributed by atoms with E-state index in [1.807, 2.05) is 30.3 Å². The van der Waals surface area contributed by atoms with Crippen molar-refractivity contribution in [1.29, 1.82) is 0 Å². The molecule has 0 fully saturated rings. The SMILES string of the molecule is C1=Cc2ccccc2OC1.[Au].[Au]. The molecule has 0 bridgehead atoms. The van der Waals surface area contributed by atoms with Gasteiger partial charge in [0.05, 0.1) is 0 Å². The van der Waals surface area contributed by atoms with Crippen molar-refractivity contribution in [2.24, 2.45) is 0 Å². The topological polar surface area (TPSA) is 9.23 Å². The van der Waals surface area contributed by atoms with Gasteiger partial charge in [-0.05, 0) is 12.1 Å². The number of hydrogen-bond donors (Lipinski definition) is 0. The van der Waals surface area contributed by atoms with Gasteiger partial charge in [-0.15, -0.1) is 0 Å². The molecular formula is C9H8Au2O. The fourth-order valence-corrected chi connectivity index (χ4v) is 1.06. The Labute approximate surface area is 103 Å². The van der Waals surface area contributed by atoms with Crippen molar-refractivity contribution in [3.8, 4) is 5.75 Å². The van der Waals surface area contributed by atoms with E-state index in [-0.39, 0.29) is 44.8 Å². The quantitative estimate of drug-likeness (QED) is 0.471. The molecule has 0 aliphatic carbocycles. The third-order valence-electron chi connectivity index (χ3n) is 1.55. The molecule has 0 amide bonds. The first-order valence-electron chi connectivity index (χ1n) is 3.35. The Hall–Kier alpha value is 0.241. The second kappa shape index (κ2) is 5.81. The molecule has 1 aliphatic rings. The van der Waals surface area contributed by atoms with Crippen molar-refractivity contribution >= 4 is 6.08 Å². The molecule has 0 aromatic heterocycles. The Bertz CT molecular complexity index is 271. The molecule has 2 rings (SSSR count). The van der Waals surface area contributed by atoms with E-state index in [1.54, 1.807) is 0 Å². The predicted molar refractivity (Wildman–Crippen MR) is 41.0 cm³/mol. The monoisotopic (exact) mass is 526 g/mol. The molecule has 1 aliphatic heterocycles. The van der Waals surface area contributed by atoms with E-state index in [9.17, 15) is 0 Å². The summed E-state index contributed by atoms with van der Waals surface area (Å²) in [5, 5.41) is 0. The summed E-state index contributed by atoms with van der Waals surface area (Å²) in [4.78, 5) is 0. The molecule has 0 unspecified atom stereocenters. The summed E-state index contributed by atoms with van der Waals surface area (Å²) in [5.74, 6) is 0.991. The van der Waals surface area contributed by atoms with Gasteiger partial charge < -0.3 is 4.74 Å². The summed E-state index contributed by atoms with van der Waals surface area (Å²) in [6, 6.07) is 8.03. The third kappa shape index (κ3) is 2.63. The van der Waals surface area contributed by atoms with Crippen LogP contribution in [0.4, 0.5) is 0 Å². The molecule has 12 heavy (non-hydrogen) atoms. The van der Waals surface area contributed by atoms with Gasteiger partial charge in [0, 0.05) is 50.3 Å². The van der Waals surface area contributed by atoms with Crippen LogP contribution in [-0.2, 0) is 44.8 Å². The van der Waals surface area contributed by atoms with Crippen LogP contribution in [0.3, 0.4) is 0 Å². The molecule has 0 atom stereocenters. The van der Waals surface area contributed by atoms with Gasteiger partial charge in [0.25, 0.3) is 0 Å². The first-order chi connectivity index (χ1) is 4.97. The van der Waals surface area contributed by atoms with E-state index in [0.29, 0.717) is 6.61 Å². The zero-order valence-corrected chi connectivity index (χ0v) is 10.5. The summed E-state index contributed by atoms with van der Waals surface area (Å²) in [6.07, 6.45) is 4.10. The third-order valence-corrected chi connectivity index (χ3v) is 1.55. The molecule has 1 aromatic carbocycles. The summed E-state index contributed by atoms with van der Waals surface area (Å²) in [6.45, 7) is 0.705. The first kappa shape index (κ1) is 12.2. The van der Waals surface area contributed by atoms with Gasteiger partial charge >= 0.3 is 0 Å². The van der Waals surface area contributed by atoms with Crippen molar-refractivity contribution in [1.82, 2.24) is 0 Å². The Morgan fingerprint density at radius 2 is 1.83 bits per heavy atom. The Kier molecular flexibility index (Phi) is 5.93. The molecule has 0 saturated heterocycles. The average molecular weight is 526 g/mol. The minimum absolute atomic E-state index is 0. The van der Waals surface area contributed by atoms with Crippen LogP contribution < -0.4 is 4.74 Å². The van der Waals surface area contributed by atoms with Crippen molar-refractivity contribution in [3.05, 3.63) is 35.9 Å². The number of hydrogen-bond acceptors (Lipinski definition) is 1. The van der Waals surface area contributed by atoms with Gasteiger partial charge in [0.1, 0.15) is 12.4 Å². The fraction of sp³-hybridized carbons (Fsp3) is 0.111. The van der Waals surface area contributed by atoms with Crippen molar-refractivity contribution < 1.29 is 49.5 Å². The van der Waals surface area contributed by atoms with E-state index in [4.69, 9.17) is 4.74 Å². The number of rotatable bonds is 0. The summed E-state index contributed by atoms with van der Waals surface area (Å²) < 4.78 is 5.34. The minimum atomic E-state index is 0. The molecule has 72 valence electrons. The van der Waals surface area contributed by atoms with E-state index in [1.165, 1.54) is 5.56 Å². The van der Waals surface area contributed by atoms with Gasteiger partial charge in [-0.25, -0.2) is 0 Å².